The first kappa shape index (κ1) is 24.0. The summed E-state index contributed by atoms with van der Waals surface area (Å²) in [6, 6.07) is 27.4. The summed E-state index contributed by atoms with van der Waals surface area (Å²) >= 11 is 0. The van der Waals surface area contributed by atoms with E-state index in [1.54, 1.807) is 0 Å². The van der Waals surface area contributed by atoms with Gasteiger partial charge in [0.25, 0.3) is 0 Å². The lowest BCUT2D eigenvalue weighted by molar-refractivity contribution is -0.146. The van der Waals surface area contributed by atoms with Crippen LogP contribution < -0.4 is 5.32 Å². The summed E-state index contributed by atoms with van der Waals surface area (Å²) in [4.78, 5) is 23.5. The van der Waals surface area contributed by atoms with Gasteiger partial charge in [0.1, 0.15) is 6.61 Å². The van der Waals surface area contributed by atoms with Gasteiger partial charge in [-0.2, -0.15) is 0 Å². The summed E-state index contributed by atoms with van der Waals surface area (Å²) in [5, 5.41) is 22.5. The van der Waals surface area contributed by atoms with Crippen molar-refractivity contribution in [3.63, 3.8) is 0 Å². The minimum Gasteiger partial charge on any atom is -0.481 e. The number of aliphatic hydroxyl groups is 1. The lowest BCUT2D eigenvalue weighted by Gasteiger charge is -2.19. The van der Waals surface area contributed by atoms with Crippen molar-refractivity contribution in [3.8, 4) is 11.1 Å². The minimum atomic E-state index is -1.08. The molecule has 0 saturated heterocycles. The zero-order chi connectivity index (χ0) is 23.5. The molecule has 0 aliphatic heterocycles. The van der Waals surface area contributed by atoms with Crippen LogP contribution in [0.25, 0.3) is 11.1 Å². The molecule has 3 rings (SSSR count). The van der Waals surface area contributed by atoms with Crippen LogP contribution in [-0.2, 0) is 22.6 Å². The van der Waals surface area contributed by atoms with Gasteiger partial charge in [-0.05, 0) is 41.5 Å². The van der Waals surface area contributed by atoms with Gasteiger partial charge >= 0.3 is 12.1 Å². The molecule has 3 aromatic carbocycles. The molecule has 0 aromatic heterocycles. The van der Waals surface area contributed by atoms with Gasteiger partial charge in [-0.3, -0.25) is 4.79 Å². The monoisotopic (exact) mass is 447 g/mol. The fourth-order valence-electron chi connectivity index (χ4n) is 3.59. The molecule has 2 atom stereocenters. The lowest BCUT2D eigenvalue weighted by atomic mass is 9.93. The van der Waals surface area contributed by atoms with Crippen molar-refractivity contribution in [2.45, 2.75) is 32.0 Å². The smallest absolute Gasteiger partial charge is 0.407 e. The van der Waals surface area contributed by atoms with Crippen LogP contribution >= 0.6 is 0 Å². The van der Waals surface area contributed by atoms with Crippen molar-refractivity contribution in [3.05, 3.63) is 96.1 Å². The molecule has 0 spiro atoms. The summed E-state index contributed by atoms with van der Waals surface area (Å²) in [5.41, 5.74) is 4.13. The molecule has 2 unspecified atom stereocenters. The van der Waals surface area contributed by atoms with E-state index in [0.717, 1.165) is 22.3 Å². The number of carboxylic acid groups (broad SMARTS) is 1. The Kier molecular flexibility index (Phi) is 9.03. The first-order valence-corrected chi connectivity index (χ1v) is 11.0. The maximum absolute atomic E-state index is 11.8. The van der Waals surface area contributed by atoms with E-state index in [1.807, 2.05) is 84.9 Å². The number of hydrogen-bond donors (Lipinski definition) is 3. The molecule has 0 fully saturated rings. The number of carbonyl (C=O) groups is 2. The van der Waals surface area contributed by atoms with Gasteiger partial charge in [0, 0.05) is 6.54 Å². The molecule has 0 aliphatic carbocycles. The Bertz CT molecular complexity index is 1010. The molecule has 0 radical (unpaired) electrons. The molecule has 3 N–H and O–H groups in total. The van der Waals surface area contributed by atoms with Gasteiger partial charge in [0.05, 0.1) is 12.0 Å². The summed E-state index contributed by atoms with van der Waals surface area (Å²) in [6.07, 6.45) is -0.634. The Balaban J connectivity index is 1.42. The zero-order valence-corrected chi connectivity index (χ0v) is 18.4. The second-order valence-electron chi connectivity index (χ2n) is 7.89. The minimum absolute atomic E-state index is 0.105. The first-order chi connectivity index (χ1) is 16.0. The van der Waals surface area contributed by atoms with E-state index in [9.17, 15) is 19.8 Å². The quantitative estimate of drug-likeness (QED) is 0.397. The molecule has 0 bridgehead atoms. The summed E-state index contributed by atoms with van der Waals surface area (Å²) in [6.45, 7) is 0.244. The van der Waals surface area contributed by atoms with Gasteiger partial charge in [0.2, 0.25) is 0 Å². The van der Waals surface area contributed by atoms with Crippen molar-refractivity contribution >= 4 is 12.1 Å². The Hall–Kier alpha value is -3.64. The van der Waals surface area contributed by atoms with Crippen molar-refractivity contribution in [1.82, 2.24) is 5.32 Å². The van der Waals surface area contributed by atoms with Crippen LogP contribution in [0.5, 0.6) is 0 Å². The molecule has 3 aromatic rings. The highest BCUT2D eigenvalue weighted by molar-refractivity contribution is 5.71. The molecule has 0 heterocycles. The third-order valence-electron chi connectivity index (χ3n) is 5.51. The first-order valence-electron chi connectivity index (χ1n) is 11.0. The van der Waals surface area contributed by atoms with E-state index in [1.165, 1.54) is 0 Å². The number of rotatable bonds is 11. The highest BCUT2D eigenvalue weighted by Crippen LogP contribution is 2.21. The normalized spacial score (nSPS) is 12.5. The van der Waals surface area contributed by atoms with Crippen LogP contribution in [0.15, 0.2) is 84.9 Å². The number of aryl methyl sites for hydroxylation is 1. The summed E-state index contributed by atoms with van der Waals surface area (Å²) < 4.78 is 5.12. The van der Waals surface area contributed by atoms with E-state index >= 15 is 0 Å². The molecule has 33 heavy (non-hydrogen) atoms. The maximum Gasteiger partial charge on any atom is 0.407 e. The van der Waals surface area contributed by atoms with Crippen molar-refractivity contribution in [2.75, 3.05) is 6.54 Å². The number of hydrogen-bond acceptors (Lipinski definition) is 4. The number of ether oxygens (including phenoxy) is 1. The highest BCUT2D eigenvalue weighted by Gasteiger charge is 2.26. The van der Waals surface area contributed by atoms with Gasteiger partial charge in [-0.25, -0.2) is 4.79 Å². The van der Waals surface area contributed by atoms with Crippen LogP contribution in [0.3, 0.4) is 0 Å². The number of alkyl carbamates (subject to hydrolysis) is 1. The molecule has 0 saturated carbocycles. The molecule has 1 amide bonds. The largest absolute Gasteiger partial charge is 0.481 e. The van der Waals surface area contributed by atoms with E-state index in [0.29, 0.717) is 12.8 Å². The highest BCUT2D eigenvalue weighted by atomic mass is 16.5. The molecule has 0 aliphatic rings. The molecular weight excluding hydrogens is 418 g/mol. The predicted octanol–water partition coefficient (Wildman–Crippen LogP) is 4.66. The number of aliphatic carboxylic acids is 1. The van der Waals surface area contributed by atoms with Crippen molar-refractivity contribution < 1.29 is 24.5 Å². The van der Waals surface area contributed by atoms with E-state index in [2.05, 4.69) is 5.32 Å². The summed E-state index contributed by atoms with van der Waals surface area (Å²) in [7, 11) is 0. The second-order valence-corrected chi connectivity index (χ2v) is 7.89. The SMILES string of the molecule is O=C(NCCC(C(=O)O)C(O)CCc1ccc(-c2ccccc2)cc1)OCc1ccccc1. The number of carbonyl (C=O) groups excluding carboxylic acids is 1. The van der Waals surface area contributed by atoms with Gasteiger partial charge in [-0.1, -0.05) is 84.9 Å². The van der Waals surface area contributed by atoms with Gasteiger partial charge < -0.3 is 20.3 Å². The fourth-order valence-corrected chi connectivity index (χ4v) is 3.59. The van der Waals surface area contributed by atoms with Crippen LogP contribution in [0, 0.1) is 5.92 Å². The number of carboxylic acids is 1. The number of nitrogens with one attached hydrogen (secondary N) is 1. The number of amides is 1. The fraction of sp³-hybridized carbons (Fsp3) is 0.259. The topological polar surface area (TPSA) is 95.9 Å². The molecule has 6 heteroatoms. The van der Waals surface area contributed by atoms with Gasteiger partial charge in [0.15, 0.2) is 0 Å². The molecule has 6 nitrogen and oxygen atoms in total. The second kappa shape index (κ2) is 12.4. The van der Waals surface area contributed by atoms with Gasteiger partial charge in [-0.15, -0.1) is 0 Å². The predicted molar refractivity (Wildman–Crippen MR) is 127 cm³/mol. The van der Waals surface area contributed by atoms with Crippen molar-refractivity contribution in [2.24, 2.45) is 5.92 Å². The standard InChI is InChI=1S/C27H29NO5/c29-25(16-13-20-11-14-23(15-12-20)22-9-5-2-6-10-22)24(26(30)31)17-18-28-27(32)33-19-21-7-3-1-4-8-21/h1-12,14-15,24-25,29H,13,16-19H2,(H,28,32)(H,30,31). The Morgan fingerprint density at radius 2 is 1.39 bits per heavy atom. The third-order valence-corrected chi connectivity index (χ3v) is 5.51. The van der Waals surface area contributed by atoms with Crippen LogP contribution in [0.2, 0.25) is 0 Å². The van der Waals surface area contributed by atoms with E-state index < -0.39 is 24.1 Å². The average molecular weight is 448 g/mol. The lowest BCUT2D eigenvalue weighted by Crippen LogP contribution is -2.34. The van der Waals surface area contributed by atoms with Crippen LogP contribution in [0.4, 0.5) is 4.79 Å². The maximum atomic E-state index is 11.8. The molecular formula is C27H29NO5. The van der Waals surface area contributed by atoms with E-state index in [-0.39, 0.29) is 19.6 Å². The van der Waals surface area contributed by atoms with Crippen molar-refractivity contribution in [1.29, 1.82) is 0 Å². The van der Waals surface area contributed by atoms with Crippen LogP contribution in [-0.4, -0.2) is 34.9 Å². The Morgan fingerprint density at radius 1 is 0.788 bits per heavy atom. The number of benzene rings is 3. The average Bonchev–Trinajstić information content (AvgIpc) is 2.85. The van der Waals surface area contributed by atoms with Crippen LogP contribution in [0.1, 0.15) is 24.0 Å². The Morgan fingerprint density at radius 3 is 2.03 bits per heavy atom. The zero-order valence-electron chi connectivity index (χ0n) is 18.4. The third kappa shape index (κ3) is 7.77. The number of aliphatic hydroxyl groups excluding tert-OH is 1. The Labute approximate surface area is 193 Å². The molecule has 172 valence electrons. The summed E-state index contributed by atoms with van der Waals surface area (Å²) in [5.74, 6) is -2.05. The van der Waals surface area contributed by atoms with E-state index in [4.69, 9.17) is 4.74 Å².